The van der Waals surface area contributed by atoms with E-state index >= 15 is 0 Å². The molecular weight excluding hydrogens is 258 g/mol. The predicted molar refractivity (Wildman–Crippen MR) is 70.6 cm³/mol. The Morgan fingerprint density at radius 3 is 2.50 bits per heavy atom. The first-order valence-corrected chi connectivity index (χ1v) is 8.19. The summed E-state index contributed by atoms with van der Waals surface area (Å²) in [6.45, 7) is 2.61. The molecule has 14 heavy (non-hydrogen) atoms. The second-order valence-corrected chi connectivity index (χ2v) is 5.79. The number of rotatable bonds is 8. The molecule has 0 N–H and O–H groups in total. The Kier molecular flexibility index (Phi) is 7.35. The van der Waals surface area contributed by atoms with Crippen LogP contribution in [0.1, 0.15) is 32.1 Å². The number of thioether (sulfide) groups is 1. The Hall–Kier alpha value is 0.790. The van der Waals surface area contributed by atoms with E-state index in [2.05, 4.69) is 27.1 Å². The van der Waals surface area contributed by atoms with Crippen molar-refractivity contribution >= 4 is 27.7 Å². The molecule has 0 aliphatic heterocycles. The van der Waals surface area contributed by atoms with Gasteiger partial charge >= 0.3 is 0 Å². The molecule has 1 fully saturated rings. The van der Waals surface area contributed by atoms with Gasteiger partial charge in [0.2, 0.25) is 0 Å². The van der Waals surface area contributed by atoms with Gasteiger partial charge in [0.25, 0.3) is 0 Å². The van der Waals surface area contributed by atoms with Crippen LogP contribution in [0.2, 0.25) is 0 Å². The van der Waals surface area contributed by atoms with E-state index in [1.54, 1.807) is 0 Å². The predicted octanol–water partition coefficient (Wildman–Crippen LogP) is 3.38. The Balaban J connectivity index is 2.14. The maximum Gasteiger partial charge on any atom is 0.00952 e. The van der Waals surface area contributed by atoms with Gasteiger partial charge in [-0.3, -0.25) is 0 Å². The topological polar surface area (TPSA) is 3.24 Å². The third kappa shape index (κ3) is 4.54. The van der Waals surface area contributed by atoms with E-state index in [1.807, 2.05) is 11.8 Å². The van der Waals surface area contributed by atoms with Crippen molar-refractivity contribution in [1.29, 1.82) is 0 Å². The SMILES string of the molecule is CSCCCN(CCCBr)C1CCC1. The van der Waals surface area contributed by atoms with Gasteiger partial charge in [-0.25, -0.2) is 0 Å². The van der Waals surface area contributed by atoms with E-state index in [0.717, 1.165) is 11.4 Å². The lowest BCUT2D eigenvalue weighted by molar-refractivity contribution is 0.128. The first kappa shape index (κ1) is 12.9. The van der Waals surface area contributed by atoms with Gasteiger partial charge in [0, 0.05) is 11.4 Å². The Bertz CT molecular complexity index is 139. The largest absolute Gasteiger partial charge is 0.300 e. The number of hydrogen-bond acceptors (Lipinski definition) is 2. The van der Waals surface area contributed by atoms with Gasteiger partial charge in [-0.15, -0.1) is 0 Å². The molecule has 1 rings (SSSR count). The molecule has 3 heteroatoms. The monoisotopic (exact) mass is 279 g/mol. The molecular formula is C11H22BrNS. The quantitative estimate of drug-likeness (QED) is 0.495. The highest BCUT2D eigenvalue weighted by molar-refractivity contribution is 9.09. The zero-order chi connectivity index (χ0) is 10.2. The Morgan fingerprint density at radius 2 is 2.00 bits per heavy atom. The summed E-state index contributed by atoms with van der Waals surface area (Å²) in [5.41, 5.74) is 0. The average molecular weight is 280 g/mol. The van der Waals surface area contributed by atoms with Crippen molar-refractivity contribution in [1.82, 2.24) is 4.90 Å². The molecule has 0 aromatic heterocycles. The van der Waals surface area contributed by atoms with E-state index in [0.29, 0.717) is 0 Å². The zero-order valence-corrected chi connectivity index (χ0v) is 11.6. The van der Waals surface area contributed by atoms with Gasteiger partial charge in [-0.2, -0.15) is 11.8 Å². The number of halogens is 1. The van der Waals surface area contributed by atoms with E-state index in [-0.39, 0.29) is 0 Å². The van der Waals surface area contributed by atoms with Crippen LogP contribution in [0.15, 0.2) is 0 Å². The van der Waals surface area contributed by atoms with Crippen molar-refractivity contribution < 1.29 is 0 Å². The van der Waals surface area contributed by atoms with Crippen LogP contribution >= 0.6 is 27.7 Å². The second-order valence-electron chi connectivity index (χ2n) is 4.01. The summed E-state index contributed by atoms with van der Waals surface area (Å²) >= 11 is 5.49. The Labute approximate surface area is 101 Å². The summed E-state index contributed by atoms with van der Waals surface area (Å²) in [7, 11) is 0. The fourth-order valence-electron chi connectivity index (χ4n) is 1.90. The molecule has 0 aromatic carbocycles. The standard InChI is InChI=1S/C11H22BrNS/c1-14-10-4-9-13(8-3-7-12)11-5-2-6-11/h11H,2-10H2,1H3. The minimum atomic E-state index is 0.927. The van der Waals surface area contributed by atoms with Crippen molar-refractivity contribution in [2.45, 2.75) is 38.1 Å². The van der Waals surface area contributed by atoms with Gasteiger partial charge < -0.3 is 4.90 Å². The molecule has 0 amide bonds. The average Bonchev–Trinajstić information content (AvgIpc) is 2.11. The summed E-state index contributed by atoms with van der Waals surface area (Å²) in [6, 6.07) is 0.927. The highest BCUT2D eigenvalue weighted by Crippen LogP contribution is 2.25. The molecule has 1 aliphatic carbocycles. The fourth-order valence-corrected chi connectivity index (χ4v) is 2.57. The highest BCUT2D eigenvalue weighted by Gasteiger charge is 2.23. The summed E-state index contributed by atoms with van der Waals surface area (Å²) < 4.78 is 0. The first-order chi connectivity index (χ1) is 6.88. The summed E-state index contributed by atoms with van der Waals surface area (Å²) in [6.07, 6.45) is 9.21. The lowest BCUT2D eigenvalue weighted by Crippen LogP contribution is -2.41. The van der Waals surface area contributed by atoms with Crippen molar-refractivity contribution in [2.24, 2.45) is 0 Å². The van der Waals surface area contributed by atoms with Gasteiger partial charge in [-0.05, 0) is 50.8 Å². The van der Waals surface area contributed by atoms with E-state index in [1.165, 1.54) is 50.9 Å². The molecule has 0 radical (unpaired) electrons. The Morgan fingerprint density at radius 1 is 1.29 bits per heavy atom. The van der Waals surface area contributed by atoms with Crippen LogP contribution in [0, 0.1) is 0 Å². The molecule has 0 unspecified atom stereocenters. The molecule has 1 nitrogen and oxygen atoms in total. The summed E-state index contributed by atoms with van der Waals surface area (Å²) in [5.74, 6) is 1.32. The smallest absolute Gasteiger partial charge is 0.00952 e. The minimum absolute atomic E-state index is 0.927. The molecule has 0 heterocycles. The zero-order valence-electron chi connectivity index (χ0n) is 9.17. The van der Waals surface area contributed by atoms with Crippen LogP contribution in [0.3, 0.4) is 0 Å². The fraction of sp³-hybridized carbons (Fsp3) is 1.00. The molecule has 1 aliphatic rings. The maximum absolute atomic E-state index is 3.52. The van der Waals surface area contributed by atoms with Gasteiger partial charge in [-0.1, -0.05) is 22.4 Å². The van der Waals surface area contributed by atoms with Crippen LogP contribution in [0.5, 0.6) is 0 Å². The number of hydrogen-bond donors (Lipinski definition) is 0. The molecule has 84 valence electrons. The summed E-state index contributed by atoms with van der Waals surface area (Å²) in [5, 5.41) is 1.15. The highest BCUT2D eigenvalue weighted by atomic mass is 79.9. The van der Waals surface area contributed by atoms with E-state index in [4.69, 9.17) is 0 Å². The normalized spacial score (nSPS) is 17.4. The molecule has 0 spiro atoms. The lowest BCUT2D eigenvalue weighted by atomic mass is 9.91. The van der Waals surface area contributed by atoms with Crippen LogP contribution in [0.4, 0.5) is 0 Å². The minimum Gasteiger partial charge on any atom is -0.300 e. The van der Waals surface area contributed by atoms with E-state index < -0.39 is 0 Å². The molecule has 0 atom stereocenters. The van der Waals surface area contributed by atoms with Crippen LogP contribution in [-0.2, 0) is 0 Å². The molecule has 1 saturated carbocycles. The summed E-state index contributed by atoms with van der Waals surface area (Å²) in [4.78, 5) is 2.71. The molecule has 0 aromatic rings. The van der Waals surface area contributed by atoms with Crippen LogP contribution in [-0.4, -0.2) is 41.4 Å². The molecule has 0 saturated heterocycles. The van der Waals surface area contributed by atoms with Gasteiger partial charge in [0.15, 0.2) is 0 Å². The molecule has 0 bridgehead atoms. The van der Waals surface area contributed by atoms with Crippen molar-refractivity contribution in [3.63, 3.8) is 0 Å². The second kappa shape index (κ2) is 8.00. The van der Waals surface area contributed by atoms with Crippen molar-refractivity contribution in [3.8, 4) is 0 Å². The van der Waals surface area contributed by atoms with Gasteiger partial charge in [0.05, 0.1) is 0 Å². The van der Waals surface area contributed by atoms with Crippen LogP contribution < -0.4 is 0 Å². The third-order valence-electron chi connectivity index (χ3n) is 2.96. The maximum atomic E-state index is 3.52. The van der Waals surface area contributed by atoms with E-state index in [9.17, 15) is 0 Å². The number of alkyl halides is 1. The first-order valence-electron chi connectivity index (χ1n) is 5.67. The van der Waals surface area contributed by atoms with Crippen molar-refractivity contribution in [3.05, 3.63) is 0 Å². The van der Waals surface area contributed by atoms with Gasteiger partial charge in [0.1, 0.15) is 0 Å². The third-order valence-corrected chi connectivity index (χ3v) is 4.22. The number of nitrogens with zero attached hydrogens (tertiary/aromatic N) is 1. The lowest BCUT2D eigenvalue weighted by Gasteiger charge is -2.37. The van der Waals surface area contributed by atoms with Crippen LogP contribution in [0.25, 0.3) is 0 Å². The van der Waals surface area contributed by atoms with Crippen molar-refractivity contribution in [2.75, 3.05) is 30.4 Å².